The third-order valence-corrected chi connectivity index (χ3v) is 4.07. The summed E-state index contributed by atoms with van der Waals surface area (Å²) in [6, 6.07) is 0.635. The lowest BCUT2D eigenvalue weighted by molar-refractivity contribution is 0.164. The molecule has 1 aliphatic carbocycles. The first-order valence-corrected chi connectivity index (χ1v) is 7.16. The van der Waals surface area contributed by atoms with Crippen molar-refractivity contribution in [2.75, 3.05) is 20.8 Å². The van der Waals surface area contributed by atoms with Crippen LogP contribution in [-0.2, 0) is 4.74 Å². The van der Waals surface area contributed by atoms with Crippen LogP contribution in [0.2, 0.25) is 0 Å². The van der Waals surface area contributed by atoms with Gasteiger partial charge in [-0.25, -0.2) is 10.8 Å². The molecule has 0 amide bonds. The maximum Gasteiger partial charge on any atom is 0.208 e. The van der Waals surface area contributed by atoms with E-state index in [0.29, 0.717) is 18.1 Å². The van der Waals surface area contributed by atoms with Crippen molar-refractivity contribution in [3.05, 3.63) is 0 Å². The van der Waals surface area contributed by atoms with E-state index in [0.717, 1.165) is 5.96 Å². The van der Waals surface area contributed by atoms with Crippen molar-refractivity contribution in [1.29, 1.82) is 0 Å². The molecule has 0 aromatic rings. The normalized spacial score (nSPS) is 22.1. The van der Waals surface area contributed by atoms with Crippen molar-refractivity contribution >= 4 is 5.96 Å². The van der Waals surface area contributed by atoms with E-state index in [9.17, 15) is 0 Å². The number of nitrogens with zero attached hydrogens (tertiary/aromatic N) is 2. The lowest BCUT2D eigenvalue weighted by Crippen LogP contribution is -2.49. The van der Waals surface area contributed by atoms with Crippen LogP contribution in [0, 0.1) is 5.41 Å². The zero-order chi connectivity index (χ0) is 14.5. The molecule has 5 nitrogen and oxygen atoms in total. The van der Waals surface area contributed by atoms with Crippen LogP contribution in [0.4, 0.5) is 0 Å². The van der Waals surface area contributed by atoms with Gasteiger partial charge in [-0.1, -0.05) is 13.8 Å². The van der Waals surface area contributed by atoms with Crippen LogP contribution >= 0.6 is 0 Å². The molecule has 1 aliphatic rings. The summed E-state index contributed by atoms with van der Waals surface area (Å²) in [7, 11) is 3.76. The first-order chi connectivity index (χ1) is 8.89. The minimum atomic E-state index is 0.110. The fraction of sp³-hybridized carbons (Fsp3) is 0.929. The van der Waals surface area contributed by atoms with Gasteiger partial charge in [-0.15, -0.1) is 0 Å². The first-order valence-electron chi connectivity index (χ1n) is 7.16. The van der Waals surface area contributed by atoms with Crippen molar-refractivity contribution in [3.63, 3.8) is 0 Å². The first kappa shape index (κ1) is 16.2. The Morgan fingerprint density at radius 2 is 2.05 bits per heavy atom. The van der Waals surface area contributed by atoms with Crippen LogP contribution in [0.1, 0.15) is 46.5 Å². The third kappa shape index (κ3) is 4.99. The summed E-state index contributed by atoms with van der Waals surface area (Å²) in [5, 5.41) is 0. The average Bonchev–Trinajstić information content (AvgIpc) is 2.35. The lowest BCUT2D eigenvalue weighted by atomic mass is 9.75. The van der Waals surface area contributed by atoms with Gasteiger partial charge in [0.15, 0.2) is 0 Å². The molecule has 0 aromatic carbocycles. The molecular weight excluding hydrogens is 240 g/mol. The number of hydrogen-bond donors (Lipinski definition) is 2. The summed E-state index contributed by atoms with van der Waals surface area (Å²) in [5.74, 6) is 6.37. The smallest absolute Gasteiger partial charge is 0.208 e. The Hall–Kier alpha value is -0.810. The number of ether oxygens (including phenoxy) is 1. The molecule has 1 fully saturated rings. The molecule has 5 heteroatoms. The molecular formula is C14H30N4O. The maximum absolute atomic E-state index is 5.61. The van der Waals surface area contributed by atoms with Gasteiger partial charge < -0.3 is 9.64 Å². The van der Waals surface area contributed by atoms with Crippen LogP contribution in [0.25, 0.3) is 0 Å². The predicted molar refractivity (Wildman–Crippen MR) is 79.9 cm³/mol. The van der Waals surface area contributed by atoms with Crippen molar-refractivity contribution < 1.29 is 4.74 Å². The fourth-order valence-corrected chi connectivity index (χ4v) is 2.66. The van der Waals surface area contributed by atoms with Crippen LogP contribution in [0.15, 0.2) is 4.99 Å². The molecule has 0 radical (unpaired) electrons. The summed E-state index contributed by atoms with van der Waals surface area (Å²) in [5.41, 5.74) is 3.21. The lowest BCUT2D eigenvalue weighted by Gasteiger charge is -2.39. The Kier molecular flexibility index (Phi) is 6.07. The van der Waals surface area contributed by atoms with Gasteiger partial charge in [0.2, 0.25) is 5.96 Å². The molecule has 1 unspecified atom stereocenters. The Morgan fingerprint density at radius 1 is 1.47 bits per heavy atom. The zero-order valence-electron chi connectivity index (χ0n) is 13.1. The van der Waals surface area contributed by atoms with Crippen molar-refractivity contribution in [1.82, 2.24) is 10.3 Å². The van der Waals surface area contributed by atoms with Gasteiger partial charge in [0.25, 0.3) is 0 Å². The predicted octanol–water partition coefficient (Wildman–Crippen LogP) is 1.74. The van der Waals surface area contributed by atoms with E-state index in [-0.39, 0.29) is 6.04 Å². The third-order valence-electron chi connectivity index (χ3n) is 4.07. The monoisotopic (exact) mass is 270 g/mol. The van der Waals surface area contributed by atoms with Crippen LogP contribution in [0.5, 0.6) is 0 Å². The highest BCUT2D eigenvalue weighted by Gasteiger charge is 2.29. The largest absolute Gasteiger partial charge is 0.382 e. The molecule has 0 aromatic heterocycles. The number of hydrazine groups is 1. The molecule has 0 bridgehead atoms. The molecule has 0 spiro atoms. The van der Waals surface area contributed by atoms with Gasteiger partial charge >= 0.3 is 0 Å². The van der Waals surface area contributed by atoms with E-state index in [2.05, 4.69) is 36.2 Å². The Balaban J connectivity index is 2.61. The number of nitrogens with one attached hydrogen (secondary N) is 1. The molecule has 3 N–H and O–H groups in total. The van der Waals surface area contributed by atoms with Crippen LogP contribution < -0.4 is 11.3 Å². The second-order valence-electron chi connectivity index (χ2n) is 6.41. The molecule has 1 atom stereocenters. The SMILES string of the molecule is COCC(C)N=C(NN)N(C)C1CCC(C)(C)CC1. The highest BCUT2D eigenvalue weighted by atomic mass is 16.5. The number of aliphatic imine (C=N–C) groups is 1. The van der Waals surface area contributed by atoms with E-state index in [1.54, 1.807) is 7.11 Å². The minimum absolute atomic E-state index is 0.110. The van der Waals surface area contributed by atoms with E-state index in [1.807, 2.05) is 6.92 Å². The fourth-order valence-electron chi connectivity index (χ4n) is 2.66. The summed E-state index contributed by atoms with van der Waals surface area (Å²) in [6.45, 7) is 7.33. The van der Waals surface area contributed by atoms with Gasteiger partial charge in [-0.05, 0) is 38.0 Å². The number of nitrogens with two attached hydrogens (primary N) is 1. The summed E-state index contributed by atoms with van der Waals surface area (Å²) < 4.78 is 5.11. The second kappa shape index (κ2) is 7.10. The number of guanidine groups is 1. The molecule has 0 heterocycles. The van der Waals surface area contributed by atoms with Crippen molar-refractivity contribution in [2.45, 2.75) is 58.5 Å². The van der Waals surface area contributed by atoms with Gasteiger partial charge in [0.1, 0.15) is 0 Å². The molecule has 19 heavy (non-hydrogen) atoms. The van der Waals surface area contributed by atoms with E-state index in [1.165, 1.54) is 25.7 Å². The summed E-state index contributed by atoms with van der Waals surface area (Å²) in [4.78, 5) is 6.76. The quantitative estimate of drug-likeness (QED) is 0.353. The van der Waals surface area contributed by atoms with Crippen LogP contribution in [0.3, 0.4) is 0 Å². The highest BCUT2D eigenvalue weighted by Crippen LogP contribution is 2.36. The maximum atomic E-state index is 5.61. The van der Waals surface area contributed by atoms with Gasteiger partial charge in [0, 0.05) is 20.2 Å². The van der Waals surface area contributed by atoms with Crippen molar-refractivity contribution in [2.24, 2.45) is 16.3 Å². The topological polar surface area (TPSA) is 62.9 Å². The van der Waals surface area contributed by atoms with Crippen LogP contribution in [-0.4, -0.2) is 43.7 Å². The Labute approximate surface area is 117 Å². The highest BCUT2D eigenvalue weighted by molar-refractivity contribution is 5.79. The summed E-state index contributed by atoms with van der Waals surface area (Å²) in [6.07, 6.45) is 4.91. The van der Waals surface area contributed by atoms with Gasteiger partial charge in [0.05, 0.1) is 12.6 Å². The zero-order valence-corrected chi connectivity index (χ0v) is 13.1. The molecule has 0 aliphatic heterocycles. The molecule has 112 valence electrons. The van der Waals surface area contributed by atoms with E-state index >= 15 is 0 Å². The van der Waals surface area contributed by atoms with Crippen molar-refractivity contribution in [3.8, 4) is 0 Å². The number of methoxy groups -OCH3 is 1. The molecule has 1 rings (SSSR count). The van der Waals surface area contributed by atoms with E-state index in [4.69, 9.17) is 10.6 Å². The standard InChI is InChI=1S/C14H30N4O/c1-11(10-19-5)16-13(17-15)18(4)12-6-8-14(2,3)9-7-12/h11-12H,6-10,15H2,1-5H3,(H,16,17). The number of rotatable bonds is 4. The average molecular weight is 270 g/mol. The van der Waals surface area contributed by atoms with Gasteiger partial charge in [-0.3, -0.25) is 5.43 Å². The second-order valence-corrected chi connectivity index (χ2v) is 6.41. The molecule has 1 saturated carbocycles. The number of hydrogen-bond acceptors (Lipinski definition) is 3. The van der Waals surface area contributed by atoms with E-state index < -0.39 is 0 Å². The minimum Gasteiger partial charge on any atom is -0.382 e. The summed E-state index contributed by atoms with van der Waals surface area (Å²) >= 11 is 0. The Bertz CT molecular complexity index is 294. The molecule has 0 saturated heterocycles. The van der Waals surface area contributed by atoms with Gasteiger partial charge in [-0.2, -0.15) is 0 Å². The Morgan fingerprint density at radius 3 is 2.53 bits per heavy atom.